The molecule has 168 valence electrons. The molecule has 1 aromatic heterocycles. The number of rotatable bonds is 8. The molecule has 0 spiro atoms. The van der Waals surface area contributed by atoms with Gasteiger partial charge in [-0.1, -0.05) is 6.92 Å². The van der Waals surface area contributed by atoms with E-state index in [1.807, 2.05) is 11.8 Å². The smallest absolute Gasteiger partial charge is 0.254 e. The average molecular weight is 493 g/mol. The highest BCUT2D eigenvalue weighted by molar-refractivity contribution is 9.10. The Morgan fingerprint density at radius 3 is 2.61 bits per heavy atom. The second-order valence-corrected chi connectivity index (χ2v) is 8.54. The number of carbonyl (C=O) groups excluding carboxylic acids is 2. The van der Waals surface area contributed by atoms with E-state index in [0.29, 0.717) is 59.3 Å². The number of piperidine rings is 1. The average Bonchev–Trinajstić information content (AvgIpc) is 3.22. The van der Waals surface area contributed by atoms with Crippen LogP contribution in [0.1, 0.15) is 46.9 Å². The van der Waals surface area contributed by atoms with Crippen molar-refractivity contribution in [3.8, 4) is 11.5 Å². The van der Waals surface area contributed by atoms with Gasteiger partial charge in [-0.2, -0.15) is 5.10 Å². The molecule has 2 amide bonds. The number of carbonyl (C=O) groups is 2. The third-order valence-electron chi connectivity index (χ3n) is 5.35. The second kappa shape index (κ2) is 10.7. The number of nitrogens with one attached hydrogen (secondary N) is 1. The molecule has 1 aromatic carbocycles. The highest BCUT2D eigenvalue weighted by Gasteiger charge is 2.25. The summed E-state index contributed by atoms with van der Waals surface area (Å²) in [6.07, 6.45) is 5.82. The summed E-state index contributed by atoms with van der Waals surface area (Å²) in [6.45, 7) is 4.51. The van der Waals surface area contributed by atoms with E-state index in [4.69, 9.17) is 9.47 Å². The molecule has 1 aliphatic rings. The summed E-state index contributed by atoms with van der Waals surface area (Å²) >= 11 is 3.50. The minimum absolute atomic E-state index is 0.0288. The van der Waals surface area contributed by atoms with Gasteiger partial charge in [-0.15, -0.1) is 0 Å². The van der Waals surface area contributed by atoms with E-state index in [1.165, 1.54) is 0 Å². The van der Waals surface area contributed by atoms with Crippen molar-refractivity contribution < 1.29 is 19.1 Å². The molecule has 1 N–H and O–H groups in total. The first-order valence-corrected chi connectivity index (χ1v) is 11.3. The number of nitrogens with zero attached hydrogens (tertiary/aromatic N) is 3. The lowest BCUT2D eigenvalue weighted by Crippen LogP contribution is -2.41. The van der Waals surface area contributed by atoms with Crippen molar-refractivity contribution in [1.82, 2.24) is 20.0 Å². The molecule has 1 aliphatic heterocycles. The van der Waals surface area contributed by atoms with E-state index in [2.05, 4.69) is 26.3 Å². The monoisotopic (exact) mass is 492 g/mol. The topological polar surface area (TPSA) is 85.7 Å². The van der Waals surface area contributed by atoms with Crippen molar-refractivity contribution in [2.24, 2.45) is 13.0 Å². The van der Waals surface area contributed by atoms with Crippen LogP contribution in [-0.4, -0.2) is 59.8 Å². The van der Waals surface area contributed by atoms with Gasteiger partial charge in [0.25, 0.3) is 11.8 Å². The molecular formula is C22H29BrN4O4. The molecule has 1 saturated heterocycles. The second-order valence-electron chi connectivity index (χ2n) is 7.69. The molecule has 31 heavy (non-hydrogen) atoms. The molecule has 0 saturated carbocycles. The van der Waals surface area contributed by atoms with Gasteiger partial charge in [0.1, 0.15) is 0 Å². The number of amides is 2. The number of hydrogen-bond acceptors (Lipinski definition) is 5. The maximum Gasteiger partial charge on any atom is 0.254 e. The summed E-state index contributed by atoms with van der Waals surface area (Å²) in [5.74, 6) is 1.35. The zero-order valence-electron chi connectivity index (χ0n) is 18.2. The number of aryl methyl sites for hydroxylation is 1. The normalized spacial score (nSPS) is 14.4. The zero-order chi connectivity index (χ0) is 22.4. The summed E-state index contributed by atoms with van der Waals surface area (Å²) in [6, 6.07) is 3.52. The number of likely N-dealkylation sites (tertiary alicyclic amines) is 1. The van der Waals surface area contributed by atoms with Gasteiger partial charge in [0.15, 0.2) is 11.5 Å². The van der Waals surface area contributed by atoms with Crippen molar-refractivity contribution in [2.75, 3.05) is 33.4 Å². The Morgan fingerprint density at radius 1 is 1.26 bits per heavy atom. The van der Waals surface area contributed by atoms with Crippen LogP contribution in [0.5, 0.6) is 11.5 Å². The maximum absolute atomic E-state index is 13.0. The zero-order valence-corrected chi connectivity index (χ0v) is 19.8. The predicted octanol–water partition coefficient (Wildman–Crippen LogP) is 3.26. The van der Waals surface area contributed by atoms with Gasteiger partial charge < -0.3 is 19.7 Å². The Labute approximate surface area is 191 Å². The number of benzene rings is 1. The standard InChI is InChI=1S/C22H29BrN4O4/c1-4-9-31-20-18(23)10-16(11-19(20)30-3)22(29)27-7-5-15(6-8-27)12-24-21(28)17-13-25-26(2)14-17/h10-11,13-15H,4-9,12H2,1-3H3,(H,24,28). The third kappa shape index (κ3) is 5.78. The molecule has 0 radical (unpaired) electrons. The number of halogens is 1. The van der Waals surface area contributed by atoms with E-state index in [-0.39, 0.29) is 11.8 Å². The van der Waals surface area contributed by atoms with Crippen LogP contribution in [0.15, 0.2) is 29.0 Å². The van der Waals surface area contributed by atoms with Crippen molar-refractivity contribution in [2.45, 2.75) is 26.2 Å². The molecule has 0 bridgehead atoms. The highest BCUT2D eigenvalue weighted by atomic mass is 79.9. The highest BCUT2D eigenvalue weighted by Crippen LogP contribution is 2.37. The van der Waals surface area contributed by atoms with Crippen molar-refractivity contribution in [3.63, 3.8) is 0 Å². The Kier molecular flexibility index (Phi) is 7.95. The van der Waals surface area contributed by atoms with Gasteiger partial charge in [0, 0.05) is 38.4 Å². The van der Waals surface area contributed by atoms with E-state index in [9.17, 15) is 9.59 Å². The van der Waals surface area contributed by atoms with E-state index >= 15 is 0 Å². The lowest BCUT2D eigenvalue weighted by atomic mass is 9.96. The fourth-order valence-electron chi connectivity index (χ4n) is 3.59. The number of hydrogen-bond donors (Lipinski definition) is 1. The summed E-state index contributed by atoms with van der Waals surface area (Å²) in [5.41, 5.74) is 1.12. The fraction of sp³-hybridized carbons (Fsp3) is 0.500. The van der Waals surface area contributed by atoms with Crippen LogP contribution in [0.2, 0.25) is 0 Å². The van der Waals surface area contributed by atoms with Crippen LogP contribution in [-0.2, 0) is 7.05 Å². The van der Waals surface area contributed by atoms with E-state index < -0.39 is 0 Å². The maximum atomic E-state index is 13.0. The van der Waals surface area contributed by atoms with Gasteiger partial charge in [-0.05, 0) is 53.2 Å². The SMILES string of the molecule is CCCOc1c(Br)cc(C(=O)N2CCC(CNC(=O)c3cnn(C)c3)CC2)cc1OC. The van der Waals surface area contributed by atoms with Crippen LogP contribution in [0.3, 0.4) is 0 Å². The lowest BCUT2D eigenvalue weighted by molar-refractivity contribution is 0.0684. The molecule has 0 atom stereocenters. The van der Waals surface area contributed by atoms with Crippen LogP contribution in [0, 0.1) is 5.92 Å². The minimum atomic E-state index is -0.117. The van der Waals surface area contributed by atoms with Gasteiger partial charge in [-0.3, -0.25) is 14.3 Å². The lowest BCUT2D eigenvalue weighted by Gasteiger charge is -2.32. The summed E-state index contributed by atoms with van der Waals surface area (Å²) < 4.78 is 13.5. The van der Waals surface area contributed by atoms with Crippen LogP contribution >= 0.6 is 15.9 Å². The molecule has 3 rings (SSSR count). The van der Waals surface area contributed by atoms with Crippen molar-refractivity contribution in [3.05, 3.63) is 40.1 Å². The van der Waals surface area contributed by atoms with Crippen LogP contribution in [0.4, 0.5) is 0 Å². The quantitative estimate of drug-likeness (QED) is 0.610. The minimum Gasteiger partial charge on any atom is -0.493 e. The Bertz CT molecular complexity index is 922. The van der Waals surface area contributed by atoms with Crippen molar-refractivity contribution in [1.29, 1.82) is 0 Å². The first-order chi connectivity index (χ1) is 14.9. The van der Waals surface area contributed by atoms with Gasteiger partial charge >= 0.3 is 0 Å². The number of ether oxygens (including phenoxy) is 2. The van der Waals surface area contributed by atoms with E-state index in [1.54, 1.807) is 43.4 Å². The molecular weight excluding hydrogens is 464 g/mol. The predicted molar refractivity (Wildman–Crippen MR) is 121 cm³/mol. The Balaban J connectivity index is 1.55. The third-order valence-corrected chi connectivity index (χ3v) is 5.94. The first kappa shape index (κ1) is 23.1. The molecule has 0 unspecified atom stereocenters. The molecule has 8 nitrogen and oxygen atoms in total. The summed E-state index contributed by atoms with van der Waals surface area (Å²) in [4.78, 5) is 27.1. The number of aromatic nitrogens is 2. The molecule has 0 aliphatic carbocycles. The molecule has 2 heterocycles. The van der Waals surface area contributed by atoms with Crippen LogP contribution < -0.4 is 14.8 Å². The molecule has 9 heteroatoms. The molecule has 1 fully saturated rings. The first-order valence-electron chi connectivity index (χ1n) is 10.5. The van der Waals surface area contributed by atoms with Crippen molar-refractivity contribution >= 4 is 27.7 Å². The summed E-state index contributed by atoms with van der Waals surface area (Å²) in [7, 11) is 3.35. The molecule has 2 aromatic rings. The van der Waals surface area contributed by atoms with Gasteiger partial charge in [-0.25, -0.2) is 0 Å². The Morgan fingerprint density at radius 2 is 2.00 bits per heavy atom. The largest absolute Gasteiger partial charge is 0.493 e. The van der Waals surface area contributed by atoms with Crippen LogP contribution in [0.25, 0.3) is 0 Å². The van der Waals surface area contributed by atoms with Gasteiger partial charge in [0.2, 0.25) is 0 Å². The van der Waals surface area contributed by atoms with Gasteiger partial charge in [0.05, 0.1) is 29.9 Å². The number of methoxy groups -OCH3 is 1. The fourth-order valence-corrected chi connectivity index (χ4v) is 4.14. The van der Waals surface area contributed by atoms with E-state index in [0.717, 1.165) is 19.3 Å². The summed E-state index contributed by atoms with van der Waals surface area (Å²) in [5, 5.41) is 6.99. The Hall–Kier alpha value is -2.55.